The highest BCUT2D eigenvalue weighted by molar-refractivity contribution is 9.10. The smallest absolute Gasteiger partial charge is 0.328 e. The number of hydrogen-bond donors (Lipinski definition) is 3. The van der Waals surface area contributed by atoms with Crippen LogP contribution in [0.15, 0.2) is 34.8 Å². The number of carboxylic acids is 1. The average molecular weight is 348 g/mol. The molecule has 1 aromatic carbocycles. The number of benzene rings is 1. The van der Waals surface area contributed by atoms with E-state index in [0.29, 0.717) is 21.3 Å². The second-order valence-electron chi connectivity index (χ2n) is 3.24. The van der Waals surface area contributed by atoms with Crippen LogP contribution >= 0.6 is 27.5 Å². The lowest BCUT2D eigenvalue weighted by molar-refractivity contribution is -0.131. The van der Waals surface area contributed by atoms with E-state index < -0.39 is 17.9 Å². The molecule has 0 atom stereocenters. The minimum atomic E-state index is -1.28. The normalized spacial score (nSPS) is 10.2. The Kier molecular flexibility index (Phi) is 5.53. The van der Waals surface area contributed by atoms with Gasteiger partial charge >= 0.3 is 12.0 Å². The molecule has 0 aliphatic heterocycles. The van der Waals surface area contributed by atoms with Crippen LogP contribution in [0.2, 0.25) is 5.02 Å². The largest absolute Gasteiger partial charge is 0.478 e. The molecule has 0 bridgehead atoms. The molecule has 100 valence electrons. The first-order valence-electron chi connectivity index (χ1n) is 4.86. The summed E-state index contributed by atoms with van der Waals surface area (Å²) < 4.78 is 0.587. The van der Waals surface area contributed by atoms with Crippen LogP contribution in [-0.2, 0) is 9.59 Å². The van der Waals surface area contributed by atoms with Crippen molar-refractivity contribution in [1.82, 2.24) is 5.32 Å². The van der Waals surface area contributed by atoms with Gasteiger partial charge in [0.25, 0.3) is 5.91 Å². The highest BCUT2D eigenvalue weighted by Gasteiger charge is 2.06. The van der Waals surface area contributed by atoms with E-state index in [4.69, 9.17) is 16.7 Å². The van der Waals surface area contributed by atoms with Gasteiger partial charge in [-0.15, -0.1) is 0 Å². The number of nitrogens with one attached hydrogen (secondary N) is 2. The minimum absolute atomic E-state index is 0.420. The lowest BCUT2D eigenvalue weighted by atomic mass is 10.3. The predicted octanol–water partition coefficient (Wildman–Crippen LogP) is 2.39. The van der Waals surface area contributed by atoms with Gasteiger partial charge in [-0.05, 0) is 34.1 Å². The van der Waals surface area contributed by atoms with Gasteiger partial charge in [0.1, 0.15) is 0 Å². The summed E-state index contributed by atoms with van der Waals surface area (Å²) in [5, 5.41) is 13.1. The number of carboxylic acid groups (broad SMARTS) is 1. The highest BCUT2D eigenvalue weighted by atomic mass is 79.9. The Morgan fingerprint density at radius 3 is 2.53 bits per heavy atom. The maximum atomic E-state index is 11.4. The van der Waals surface area contributed by atoms with E-state index in [1.807, 2.05) is 5.32 Å². The zero-order valence-electron chi connectivity index (χ0n) is 9.31. The van der Waals surface area contributed by atoms with E-state index in [-0.39, 0.29) is 0 Å². The fourth-order valence-corrected chi connectivity index (χ4v) is 1.53. The summed E-state index contributed by atoms with van der Waals surface area (Å²) in [6, 6.07) is 3.88. The summed E-state index contributed by atoms with van der Waals surface area (Å²) >= 11 is 8.96. The number of aliphatic carboxylic acids is 1. The third kappa shape index (κ3) is 5.54. The van der Waals surface area contributed by atoms with E-state index in [1.165, 1.54) is 0 Å². The van der Waals surface area contributed by atoms with Gasteiger partial charge in [-0.25, -0.2) is 9.59 Å². The van der Waals surface area contributed by atoms with E-state index in [2.05, 4.69) is 21.2 Å². The highest BCUT2D eigenvalue weighted by Crippen LogP contribution is 2.25. The maximum absolute atomic E-state index is 11.4. The molecular weight excluding hydrogens is 339 g/mol. The monoisotopic (exact) mass is 346 g/mol. The maximum Gasteiger partial charge on any atom is 0.328 e. The van der Waals surface area contributed by atoms with Gasteiger partial charge in [0, 0.05) is 22.3 Å². The molecule has 0 aromatic heterocycles. The molecule has 0 fully saturated rings. The van der Waals surface area contributed by atoms with Crippen LogP contribution in [0, 0.1) is 0 Å². The molecule has 6 nitrogen and oxygen atoms in total. The van der Waals surface area contributed by atoms with Crippen molar-refractivity contribution in [2.45, 2.75) is 0 Å². The molecule has 8 heteroatoms. The summed E-state index contributed by atoms with van der Waals surface area (Å²) in [4.78, 5) is 32.7. The van der Waals surface area contributed by atoms with Gasteiger partial charge in [0.05, 0.1) is 5.02 Å². The Morgan fingerprint density at radius 1 is 1.26 bits per heavy atom. The van der Waals surface area contributed by atoms with Crippen molar-refractivity contribution in [2.24, 2.45) is 0 Å². The second kappa shape index (κ2) is 6.91. The molecule has 19 heavy (non-hydrogen) atoms. The van der Waals surface area contributed by atoms with Gasteiger partial charge in [0.15, 0.2) is 0 Å². The van der Waals surface area contributed by atoms with Gasteiger partial charge in [-0.1, -0.05) is 11.6 Å². The molecule has 3 amide bonds. The number of carbonyl (C=O) groups is 3. The van der Waals surface area contributed by atoms with Crippen LogP contribution in [0.5, 0.6) is 0 Å². The Labute approximate surface area is 121 Å². The molecule has 0 spiro atoms. The van der Waals surface area contributed by atoms with Crippen molar-refractivity contribution < 1.29 is 19.5 Å². The summed E-state index contributed by atoms with van der Waals surface area (Å²) in [5.74, 6) is -2.12. The molecule has 0 unspecified atom stereocenters. The first-order chi connectivity index (χ1) is 8.88. The zero-order chi connectivity index (χ0) is 14.4. The van der Waals surface area contributed by atoms with Crippen LogP contribution < -0.4 is 10.6 Å². The Bertz CT molecular complexity index is 560. The number of halogens is 2. The third-order valence-electron chi connectivity index (χ3n) is 1.79. The quantitative estimate of drug-likeness (QED) is 0.732. The van der Waals surface area contributed by atoms with Crippen LogP contribution in [-0.4, -0.2) is 23.0 Å². The summed E-state index contributed by atoms with van der Waals surface area (Å²) in [5.41, 5.74) is 0.420. The van der Waals surface area contributed by atoms with Crippen LogP contribution in [0.3, 0.4) is 0 Å². The second-order valence-corrected chi connectivity index (χ2v) is 4.51. The van der Waals surface area contributed by atoms with Crippen molar-refractivity contribution in [3.8, 4) is 0 Å². The number of amides is 3. The zero-order valence-corrected chi connectivity index (χ0v) is 11.7. The molecule has 0 aliphatic carbocycles. The first-order valence-corrected chi connectivity index (χ1v) is 6.03. The minimum Gasteiger partial charge on any atom is -0.478 e. The fourth-order valence-electron chi connectivity index (χ4n) is 1.04. The van der Waals surface area contributed by atoms with Crippen LogP contribution in [0.4, 0.5) is 10.5 Å². The van der Waals surface area contributed by atoms with Crippen molar-refractivity contribution in [3.63, 3.8) is 0 Å². The summed E-state index contributed by atoms with van der Waals surface area (Å²) in [7, 11) is 0. The van der Waals surface area contributed by atoms with E-state index in [1.54, 1.807) is 18.2 Å². The van der Waals surface area contributed by atoms with Crippen molar-refractivity contribution in [2.75, 3.05) is 5.32 Å². The topological polar surface area (TPSA) is 95.5 Å². The summed E-state index contributed by atoms with van der Waals surface area (Å²) in [6.07, 6.45) is 1.36. The molecule has 0 saturated heterocycles. The standard InChI is InChI=1S/C11H8BrClN2O4/c12-7-5-6(1-2-8(7)13)14-11(19)15-9(16)3-4-10(17)18/h1-5H,(H,17,18)(H2,14,15,16,19). The van der Waals surface area contributed by atoms with Gasteiger partial charge in [-0.2, -0.15) is 0 Å². The van der Waals surface area contributed by atoms with E-state index >= 15 is 0 Å². The van der Waals surface area contributed by atoms with Crippen LogP contribution in [0.1, 0.15) is 0 Å². The molecule has 0 radical (unpaired) electrons. The Hall–Kier alpha value is -1.86. The van der Waals surface area contributed by atoms with Crippen molar-refractivity contribution >= 4 is 51.1 Å². The molecule has 0 aliphatic rings. The van der Waals surface area contributed by atoms with Crippen molar-refractivity contribution in [1.29, 1.82) is 0 Å². The number of urea groups is 1. The number of anilines is 1. The first kappa shape index (κ1) is 15.2. The Balaban J connectivity index is 2.58. The predicted molar refractivity (Wildman–Crippen MR) is 73.1 cm³/mol. The number of rotatable bonds is 3. The lowest BCUT2D eigenvalue weighted by Gasteiger charge is -2.06. The average Bonchev–Trinajstić information content (AvgIpc) is 2.31. The third-order valence-corrected chi connectivity index (χ3v) is 3.01. The number of carbonyl (C=O) groups excluding carboxylic acids is 2. The fraction of sp³-hybridized carbons (Fsp3) is 0. The Morgan fingerprint density at radius 2 is 1.95 bits per heavy atom. The molecule has 0 heterocycles. The molecule has 1 aromatic rings. The molecule has 0 saturated carbocycles. The SMILES string of the molecule is O=C(O)C=CC(=O)NC(=O)Nc1ccc(Cl)c(Br)c1. The van der Waals surface area contributed by atoms with Crippen molar-refractivity contribution in [3.05, 3.63) is 39.8 Å². The van der Waals surface area contributed by atoms with Crippen LogP contribution in [0.25, 0.3) is 0 Å². The lowest BCUT2D eigenvalue weighted by Crippen LogP contribution is -2.33. The van der Waals surface area contributed by atoms with Gasteiger partial charge < -0.3 is 10.4 Å². The number of imide groups is 1. The molecule has 3 N–H and O–H groups in total. The molecular formula is C11H8BrClN2O4. The van der Waals surface area contributed by atoms with E-state index in [0.717, 1.165) is 6.08 Å². The number of hydrogen-bond acceptors (Lipinski definition) is 3. The summed E-state index contributed by atoms with van der Waals surface area (Å²) in [6.45, 7) is 0. The molecule has 1 rings (SSSR count). The van der Waals surface area contributed by atoms with Gasteiger partial charge in [-0.3, -0.25) is 10.1 Å². The van der Waals surface area contributed by atoms with Gasteiger partial charge in [0.2, 0.25) is 0 Å². The van der Waals surface area contributed by atoms with E-state index in [9.17, 15) is 14.4 Å².